The van der Waals surface area contributed by atoms with E-state index in [1.54, 1.807) is 0 Å². The Morgan fingerprint density at radius 2 is 1.87 bits per heavy atom. The predicted octanol–water partition coefficient (Wildman–Crippen LogP) is 5.05. The minimum absolute atomic E-state index is 0.0624. The Bertz CT molecular complexity index is 880. The maximum atomic E-state index is 12.9. The fraction of sp³-hybridized carbons (Fsp3) is 0.211. The van der Waals surface area contributed by atoms with Crippen LogP contribution >= 0.6 is 11.6 Å². The molecule has 4 heteroatoms. The first-order valence-corrected chi connectivity index (χ1v) is 7.92. The number of aromatic nitrogens is 1. The van der Waals surface area contributed by atoms with Gasteiger partial charge in [0.05, 0.1) is 5.41 Å². The van der Waals surface area contributed by atoms with E-state index in [9.17, 15) is 4.79 Å². The minimum Gasteiger partial charge on any atom is -0.361 e. The predicted molar refractivity (Wildman–Crippen MR) is 96.1 cm³/mol. The van der Waals surface area contributed by atoms with Gasteiger partial charge in [-0.3, -0.25) is 4.79 Å². The molecule has 0 saturated carbocycles. The summed E-state index contributed by atoms with van der Waals surface area (Å²) in [7, 11) is 0. The van der Waals surface area contributed by atoms with Crippen LogP contribution < -0.4 is 5.32 Å². The lowest BCUT2D eigenvalue weighted by molar-refractivity contribution is -0.120. The van der Waals surface area contributed by atoms with Crippen LogP contribution in [0, 0.1) is 6.92 Å². The van der Waals surface area contributed by atoms with Gasteiger partial charge in [0.2, 0.25) is 5.91 Å². The van der Waals surface area contributed by atoms with E-state index in [0.29, 0.717) is 5.02 Å². The van der Waals surface area contributed by atoms with Gasteiger partial charge in [-0.1, -0.05) is 35.9 Å². The highest BCUT2D eigenvalue weighted by Gasteiger charge is 2.32. The number of benzene rings is 2. The van der Waals surface area contributed by atoms with Gasteiger partial charge in [-0.15, -0.1) is 0 Å². The molecule has 0 unspecified atom stereocenters. The number of carbonyl (C=O) groups excluding carboxylic acids is 1. The highest BCUT2D eigenvalue weighted by molar-refractivity contribution is 6.31. The number of fused-ring (bicyclic) bond motifs is 1. The van der Waals surface area contributed by atoms with Crippen LogP contribution in [0.5, 0.6) is 0 Å². The van der Waals surface area contributed by atoms with E-state index in [1.165, 1.54) is 0 Å². The Hall–Kier alpha value is -2.26. The first-order chi connectivity index (χ1) is 10.9. The molecule has 3 nitrogen and oxygen atoms in total. The highest BCUT2D eigenvalue weighted by atomic mass is 35.5. The van der Waals surface area contributed by atoms with Crippen LogP contribution in [0.15, 0.2) is 48.7 Å². The molecule has 118 valence electrons. The molecule has 2 aromatic carbocycles. The number of amides is 1. The highest BCUT2D eigenvalue weighted by Crippen LogP contribution is 2.32. The van der Waals surface area contributed by atoms with Crippen molar-refractivity contribution < 1.29 is 4.79 Å². The smallest absolute Gasteiger partial charge is 0.234 e. The Morgan fingerprint density at radius 1 is 1.13 bits per heavy atom. The number of carbonyl (C=O) groups is 1. The number of H-pyrrole nitrogens is 1. The summed E-state index contributed by atoms with van der Waals surface area (Å²) in [6.45, 7) is 5.76. The fourth-order valence-corrected chi connectivity index (χ4v) is 2.91. The van der Waals surface area contributed by atoms with E-state index in [2.05, 4.69) is 10.3 Å². The lowest BCUT2D eigenvalue weighted by Crippen LogP contribution is -2.34. The van der Waals surface area contributed by atoms with Crippen LogP contribution in [0.3, 0.4) is 0 Å². The number of nitrogens with one attached hydrogen (secondary N) is 2. The summed E-state index contributed by atoms with van der Waals surface area (Å²) in [4.78, 5) is 16.1. The number of hydrogen-bond donors (Lipinski definition) is 2. The molecule has 0 fully saturated rings. The quantitative estimate of drug-likeness (QED) is 0.695. The molecule has 1 amide bonds. The normalized spacial score (nSPS) is 11.7. The lowest BCUT2D eigenvalue weighted by atomic mass is 9.83. The minimum atomic E-state index is -0.672. The molecule has 1 aromatic heterocycles. The summed E-state index contributed by atoms with van der Waals surface area (Å²) in [5.74, 6) is -0.0624. The standard InChI is InChI=1S/C19H19ClN2O/c1-12-15(20)8-6-10-16(12)22-18(23)19(2,3)14-11-21-17-9-5-4-7-13(14)17/h4-11,21H,1-3H3,(H,22,23). The summed E-state index contributed by atoms with van der Waals surface area (Å²) in [6, 6.07) is 13.5. The Labute approximate surface area is 140 Å². The molecular weight excluding hydrogens is 308 g/mol. The van der Waals surface area contributed by atoms with Gasteiger partial charge in [-0.05, 0) is 50.1 Å². The van der Waals surface area contributed by atoms with Crippen molar-refractivity contribution >= 4 is 34.1 Å². The number of rotatable bonds is 3. The van der Waals surface area contributed by atoms with Crippen molar-refractivity contribution in [1.82, 2.24) is 4.98 Å². The maximum absolute atomic E-state index is 12.9. The molecule has 3 rings (SSSR count). The topological polar surface area (TPSA) is 44.9 Å². The number of aromatic amines is 1. The van der Waals surface area contributed by atoms with E-state index in [-0.39, 0.29) is 5.91 Å². The first-order valence-electron chi connectivity index (χ1n) is 7.54. The van der Waals surface area contributed by atoms with Gasteiger partial charge in [-0.25, -0.2) is 0 Å². The van der Waals surface area contributed by atoms with Gasteiger partial charge in [0, 0.05) is 27.8 Å². The second kappa shape index (κ2) is 5.74. The molecule has 1 heterocycles. The second-order valence-corrected chi connectivity index (χ2v) is 6.65. The third-order valence-corrected chi connectivity index (χ3v) is 4.76. The Kier molecular flexibility index (Phi) is 3.90. The maximum Gasteiger partial charge on any atom is 0.234 e. The summed E-state index contributed by atoms with van der Waals surface area (Å²) in [6.07, 6.45) is 1.91. The number of halogens is 1. The van der Waals surface area contributed by atoms with Crippen LogP contribution in [0.1, 0.15) is 25.0 Å². The van der Waals surface area contributed by atoms with E-state index in [4.69, 9.17) is 11.6 Å². The van der Waals surface area contributed by atoms with Gasteiger partial charge in [-0.2, -0.15) is 0 Å². The largest absolute Gasteiger partial charge is 0.361 e. The van der Waals surface area contributed by atoms with Crippen molar-refractivity contribution in [2.24, 2.45) is 0 Å². The third kappa shape index (κ3) is 2.73. The van der Waals surface area contributed by atoms with Crippen molar-refractivity contribution in [1.29, 1.82) is 0 Å². The van der Waals surface area contributed by atoms with Crippen molar-refractivity contribution in [3.05, 3.63) is 64.8 Å². The van der Waals surface area contributed by atoms with E-state index in [0.717, 1.165) is 27.7 Å². The summed E-state index contributed by atoms with van der Waals surface area (Å²) in [5, 5.41) is 4.72. The molecule has 2 N–H and O–H groups in total. The zero-order valence-corrected chi connectivity index (χ0v) is 14.2. The van der Waals surface area contributed by atoms with Gasteiger partial charge in [0.1, 0.15) is 0 Å². The average Bonchev–Trinajstić information content (AvgIpc) is 2.96. The molecule has 0 radical (unpaired) electrons. The van der Waals surface area contributed by atoms with E-state index < -0.39 is 5.41 Å². The molecule has 0 spiro atoms. The van der Waals surface area contributed by atoms with Crippen LogP contribution in [0.4, 0.5) is 5.69 Å². The zero-order chi connectivity index (χ0) is 16.6. The lowest BCUT2D eigenvalue weighted by Gasteiger charge is -2.24. The molecule has 0 aliphatic carbocycles. The molecule has 0 atom stereocenters. The molecule has 23 heavy (non-hydrogen) atoms. The van der Waals surface area contributed by atoms with E-state index in [1.807, 2.05) is 69.4 Å². The van der Waals surface area contributed by atoms with Crippen molar-refractivity contribution in [2.75, 3.05) is 5.32 Å². The summed E-state index contributed by atoms with van der Waals surface area (Å²) >= 11 is 6.13. The van der Waals surface area contributed by atoms with Gasteiger partial charge in [0.25, 0.3) is 0 Å². The summed E-state index contributed by atoms with van der Waals surface area (Å²) in [5.41, 5.74) is 2.95. The third-order valence-electron chi connectivity index (χ3n) is 4.35. The molecule has 0 bridgehead atoms. The second-order valence-electron chi connectivity index (χ2n) is 6.24. The van der Waals surface area contributed by atoms with Crippen molar-refractivity contribution in [3.63, 3.8) is 0 Å². The zero-order valence-electron chi connectivity index (χ0n) is 13.4. The van der Waals surface area contributed by atoms with Crippen LogP contribution in [-0.4, -0.2) is 10.9 Å². The van der Waals surface area contributed by atoms with Gasteiger partial charge < -0.3 is 10.3 Å². The number of anilines is 1. The van der Waals surface area contributed by atoms with Crippen LogP contribution in [0.25, 0.3) is 10.9 Å². The van der Waals surface area contributed by atoms with Crippen molar-refractivity contribution in [3.8, 4) is 0 Å². The summed E-state index contributed by atoms with van der Waals surface area (Å²) < 4.78 is 0. The Balaban J connectivity index is 1.96. The van der Waals surface area contributed by atoms with E-state index >= 15 is 0 Å². The first kappa shape index (κ1) is 15.6. The molecule has 3 aromatic rings. The molecule has 0 aliphatic rings. The number of para-hydroxylation sites is 1. The molecule has 0 saturated heterocycles. The van der Waals surface area contributed by atoms with Gasteiger partial charge in [0.15, 0.2) is 0 Å². The molecular formula is C19H19ClN2O. The Morgan fingerprint density at radius 3 is 2.65 bits per heavy atom. The SMILES string of the molecule is Cc1c(Cl)cccc1NC(=O)C(C)(C)c1c[nH]c2ccccc12. The monoisotopic (exact) mass is 326 g/mol. The molecule has 0 aliphatic heterocycles. The number of hydrogen-bond acceptors (Lipinski definition) is 1. The fourth-order valence-electron chi connectivity index (χ4n) is 2.73. The van der Waals surface area contributed by atoms with Gasteiger partial charge >= 0.3 is 0 Å². The van der Waals surface area contributed by atoms with Crippen molar-refractivity contribution in [2.45, 2.75) is 26.2 Å². The average molecular weight is 327 g/mol. The van der Waals surface area contributed by atoms with Crippen LogP contribution in [0.2, 0.25) is 5.02 Å². The van der Waals surface area contributed by atoms with Crippen LogP contribution in [-0.2, 0) is 10.2 Å².